The van der Waals surface area contributed by atoms with Crippen LogP contribution in [0.25, 0.3) is 0 Å². The van der Waals surface area contributed by atoms with Gasteiger partial charge in [-0.3, -0.25) is 4.68 Å². The Morgan fingerprint density at radius 3 is 2.37 bits per heavy atom. The largest absolute Gasteiger partial charge is 0.329 e. The maximum absolute atomic E-state index is 5.67. The molecule has 0 spiro atoms. The first kappa shape index (κ1) is 12.0. The fourth-order valence-electron chi connectivity index (χ4n) is 5.57. The van der Waals surface area contributed by atoms with Gasteiger partial charge in [0.05, 0.1) is 12.7 Å². The van der Waals surface area contributed by atoms with Crippen LogP contribution in [0.5, 0.6) is 0 Å². The molecule has 0 aliphatic heterocycles. The van der Waals surface area contributed by atoms with Gasteiger partial charge in [-0.25, -0.2) is 0 Å². The summed E-state index contributed by atoms with van der Waals surface area (Å²) in [4.78, 5) is 0. The molecule has 1 heterocycles. The van der Waals surface area contributed by atoms with Gasteiger partial charge >= 0.3 is 0 Å². The Labute approximate surface area is 115 Å². The van der Waals surface area contributed by atoms with Crippen LogP contribution in [0.3, 0.4) is 0 Å². The van der Waals surface area contributed by atoms with Gasteiger partial charge in [-0.1, -0.05) is 0 Å². The van der Waals surface area contributed by atoms with Gasteiger partial charge in [0, 0.05) is 12.2 Å². The van der Waals surface area contributed by atoms with Crippen molar-refractivity contribution < 1.29 is 0 Å². The van der Waals surface area contributed by atoms with E-state index in [0.717, 1.165) is 36.1 Å². The van der Waals surface area contributed by atoms with Crippen LogP contribution in [-0.2, 0) is 6.54 Å². The summed E-state index contributed by atoms with van der Waals surface area (Å²) in [7, 11) is 0. The molecule has 0 atom stereocenters. The van der Waals surface area contributed by atoms with Gasteiger partial charge in [-0.05, 0) is 74.2 Å². The van der Waals surface area contributed by atoms with Crippen LogP contribution < -0.4 is 5.73 Å². The van der Waals surface area contributed by atoms with Crippen LogP contribution in [0.4, 0.5) is 0 Å². The van der Waals surface area contributed by atoms with E-state index in [1.165, 1.54) is 37.8 Å². The van der Waals surface area contributed by atoms with Crippen LogP contribution >= 0.6 is 0 Å². The van der Waals surface area contributed by atoms with Gasteiger partial charge in [0.15, 0.2) is 0 Å². The molecule has 2 N–H and O–H groups in total. The predicted molar refractivity (Wildman–Crippen MR) is 75.8 cm³/mol. The summed E-state index contributed by atoms with van der Waals surface area (Å²) in [5.41, 5.74) is 8.59. The molecule has 104 valence electrons. The molecule has 5 rings (SSSR count). The minimum absolute atomic E-state index is 0.684. The zero-order chi connectivity index (χ0) is 13.0. The molecule has 4 aliphatic rings. The van der Waals surface area contributed by atoms with E-state index in [9.17, 15) is 0 Å². The van der Waals surface area contributed by atoms with Crippen molar-refractivity contribution in [1.82, 2.24) is 9.78 Å². The SMILES string of the molecule is Cc1c(C2C3CC4CC(C3)CC2C4)cnn1CCN. The topological polar surface area (TPSA) is 43.8 Å². The average molecular weight is 259 g/mol. The molecule has 3 nitrogen and oxygen atoms in total. The minimum atomic E-state index is 0.684. The van der Waals surface area contributed by atoms with Crippen molar-refractivity contribution in [3.05, 3.63) is 17.5 Å². The number of hydrogen-bond donors (Lipinski definition) is 1. The van der Waals surface area contributed by atoms with E-state index in [2.05, 4.69) is 22.9 Å². The third-order valence-corrected chi connectivity index (χ3v) is 6.07. The molecule has 0 aromatic carbocycles. The number of rotatable bonds is 3. The molecule has 4 fully saturated rings. The van der Waals surface area contributed by atoms with Crippen molar-refractivity contribution in [2.24, 2.45) is 29.4 Å². The summed E-state index contributed by atoms with van der Waals surface area (Å²) in [6.45, 7) is 3.78. The molecule has 3 heteroatoms. The number of hydrogen-bond acceptors (Lipinski definition) is 2. The van der Waals surface area contributed by atoms with E-state index in [1.54, 1.807) is 5.56 Å². The first-order valence-corrected chi connectivity index (χ1v) is 7.98. The van der Waals surface area contributed by atoms with Crippen LogP contribution in [0, 0.1) is 30.6 Å². The van der Waals surface area contributed by atoms with E-state index in [-0.39, 0.29) is 0 Å². The standard InChI is InChI=1S/C16H25N3/c1-10-15(9-18-19(10)3-2-17)16-13-5-11-4-12(7-13)8-14(16)6-11/h9,11-14,16H,2-8,17H2,1H3. The van der Waals surface area contributed by atoms with Gasteiger partial charge in [-0.15, -0.1) is 0 Å². The maximum atomic E-state index is 5.67. The van der Waals surface area contributed by atoms with Crippen LogP contribution in [0.1, 0.15) is 49.3 Å². The Kier molecular flexibility index (Phi) is 2.73. The lowest BCUT2D eigenvalue weighted by molar-refractivity contribution is -0.00301. The highest BCUT2D eigenvalue weighted by Gasteiger charge is 2.49. The molecule has 19 heavy (non-hydrogen) atoms. The van der Waals surface area contributed by atoms with E-state index in [4.69, 9.17) is 5.73 Å². The molecule has 4 saturated carbocycles. The fourth-order valence-corrected chi connectivity index (χ4v) is 5.57. The molecule has 0 radical (unpaired) electrons. The smallest absolute Gasteiger partial charge is 0.0534 e. The lowest BCUT2D eigenvalue weighted by atomic mass is 9.51. The first-order valence-electron chi connectivity index (χ1n) is 7.98. The van der Waals surface area contributed by atoms with E-state index < -0.39 is 0 Å². The molecule has 4 bridgehead atoms. The summed E-state index contributed by atoms with van der Waals surface area (Å²) in [6, 6.07) is 0. The summed E-state index contributed by atoms with van der Waals surface area (Å²) < 4.78 is 2.11. The fraction of sp³-hybridized carbons (Fsp3) is 0.812. The molecule has 0 unspecified atom stereocenters. The quantitative estimate of drug-likeness (QED) is 0.907. The zero-order valence-electron chi connectivity index (χ0n) is 11.9. The lowest BCUT2D eigenvalue weighted by Crippen LogP contribution is -2.43. The Bertz CT molecular complexity index is 448. The second-order valence-corrected chi connectivity index (χ2v) is 7.15. The second kappa shape index (κ2) is 4.34. The van der Waals surface area contributed by atoms with Gasteiger partial charge in [0.1, 0.15) is 0 Å². The Balaban J connectivity index is 1.65. The normalized spacial score (nSPS) is 40.0. The minimum Gasteiger partial charge on any atom is -0.329 e. The summed E-state index contributed by atoms with van der Waals surface area (Å²) >= 11 is 0. The van der Waals surface area contributed by atoms with Gasteiger partial charge < -0.3 is 5.73 Å². The van der Waals surface area contributed by atoms with Crippen molar-refractivity contribution >= 4 is 0 Å². The van der Waals surface area contributed by atoms with Gasteiger partial charge in [0.25, 0.3) is 0 Å². The molecular weight excluding hydrogens is 234 g/mol. The van der Waals surface area contributed by atoms with E-state index in [1.807, 2.05) is 0 Å². The maximum Gasteiger partial charge on any atom is 0.0534 e. The Hall–Kier alpha value is -0.830. The van der Waals surface area contributed by atoms with Gasteiger partial charge in [-0.2, -0.15) is 5.10 Å². The van der Waals surface area contributed by atoms with Crippen LogP contribution in [-0.4, -0.2) is 16.3 Å². The predicted octanol–water partition coefficient (Wildman–Crippen LogP) is 2.69. The van der Waals surface area contributed by atoms with Crippen LogP contribution in [0.15, 0.2) is 6.20 Å². The highest BCUT2D eigenvalue weighted by Crippen LogP contribution is 2.60. The molecule has 1 aromatic heterocycles. The monoisotopic (exact) mass is 259 g/mol. The molecule has 0 saturated heterocycles. The lowest BCUT2D eigenvalue weighted by Gasteiger charge is -2.54. The van der Waals surface area contributed by atoms with Crippen molar-refractivity contribution in [3.63, 3.8) is 0 Å². The zero-order valence-corrected chi connectivity index (χ0v) is 11.9. The van der Waals surface area contributed by atoms with Gasteiger partial charge in [0.2, 0.25) is 0 Å². The van der Waals surface area contributed by atoms with E-state index >= 15 is 0 Å². The second-order valence-electron chi connectivity index (χ2n) is 7.15. The highest BCUT2D eigenvalue weighted by atomic mass is 15.3. The molecule has 4 aliphatic carbocycles. The summed E-state index contributed by atoms with van der Waals surface area (Å²) in [5.74, 6) is 4.81. The number of nitrogens with zero attached hydrogens (tertiary/aromatic N) is 2. The first-order chi connectivity index (χ1) is 9.26. The average Bonchev–Trinajstić information content (AvgIpc) is 2.71. The number of nitrogens with two attached hydrogens (primary N) is 1. The van der Waals surface area contributed by atoms with Crippen molar-refractivity contribution in [2.45, 2.75) is 51.5 Å². The molecule has 0 amide bonds. The Morgan fingerprint density at radius 2 is 1.79 bits per heavy atom. The summed E-state index contributed by atoms with van der Waals surface area (Å²) in [6.07, 6.45) is 9.62. The number of aromatic nitrogens is 2. The van der Waals surface area contributed by atoms with Crippen molar-refractivity contribution in [2.75, 3.05) is 6.54 Å². The third-order valence-electron chi connectivity index (χ3n) is 6.07. The summed E-state index contributed by atoms with van der Waals surface area (Å²) in [5, 5.41) is 4.57. The van der Waals surface area contributed by atoms with Crippen molar-refractivity contribution in [1.29, 1.82) is 0 Å². The third kappa shape index (κ3) is 1.78. The Morgan fingerprint density at radius 1 is 1.16 bits per heavy atom. The molecular formula is C16H25N3. The van der Waals surface area contributed by atoms with E-state index in [0.29, 0.717) is 6.54 Å². The van der Waals surface area contributed by atoms with Crippen LogP contribution in [0.2, 0.25) is 0 Å². The van der Waals surface area contributed by atoms with Crippen molar-refractivity contribution in [3.8, 4) is 0 Å². The highest BCUT2D eigenvalue weighted by molar-refractivity contribution is 5.26. The molecule has 1 aromatic rings.